The first kappa shape index (κ1) is 13.7. The van der Waals surface area contributed by atoms with Crippen LogP contribution in [-0.4, -0.2) is 78.8 Å². The van der Waals surface area contributed by atoms with E-state index in [0.717, 1.165) is 0 Å². The van der Waals surface area contributed by atoms with Gasteiger partial charge in [-0.15, -0.1) is 0 Å². The molecule has 2 aliphatic heterocycles. The van der Waals surface area contributed by atoms with Gasteiger partial charge >= 0.3 is 0 Å². The maximum Gasteiger partial charge on any atom is 0.224 e. The van der Waals surface area contributed by atoms with Crippen molar-refractivity contribution in [2.75, 3.05) is 31.1 Å². The summed E-state index contributed by atoms with van der Waals surface area (Å²) >= 11 is 0. The van der Waals surface area contributed by atoms with Crippen molar-refractivity contribution in [2.24, 2.45) is 0 Å². The van der Waals surface area contributed by atoms with Crippen LogP contribution in [0.15, 0.2) is 0 Å². The van der Waals surface area contributed by atoms with Crippen molar-refractivity contribution in [3.63, 3.8) is 0 Å². The van der Waals surface area contributed by atoms with Gasteiger partial charge in [0.05, 0.1) is 23.7 Å². The topological polar surface area (TPSA) is 107 Å². The third kappa shape index (κ3) is 3.19. The van der Waals surface area contributed by atoms with Gasteiger partial charge in [0.2, 0.25) is 5.91 Å². The van der Waals surface area contributed by atoms with Crippen LogP contribution in [0.2, 0.25) is 0 Å². The first-order chi connectivity index (χ1) is 8.37. The monoisotopic (exact) mass is 278 g/mol. The Morgan fingerprint density at radius 2 is 1.89 bits per heavy atom. The Kier molecular flexibility index (Phi) is 3.90. The van der Waals surface area contributed by atoms with Crippen molar-refractivity contribution in [2.45, 2.75) is 24.7 Å². The molecule has 1 unspecified atom stereocenters. The summed E-state index contributed by atoms with van der Waals surface area (Å²) in [7, 11) is -3.05. The Hall–Kier alpha value is -0.700. The summed E-state index contributed by atoms with van der Waals surface area (Å²) in [5.74, 6) is -0.156. The molecule has 3 atom stereocenters. The molecule has 0 saturated carbocycles. The van der Waals surface area contributed by atoms with Crippen molar-refractivity contribution in [1.29, 1.82) is 0 Å². The molecule has 0 bridgehead atoms. The van der Waals surface area contributed by atoms with Crippen molar-refractivity contribution < 1.29 is 23.4 Å². The standard InChI is InChI=1S/C10H18N2O5S/c13-8-4-12(5-9(8)14)10(15)3-7-6-18(16,17)2-1-11-7/h7-9,11,13-14H,1-6H2/t7?,8-,9+. The van der Waals surface area contributed by atoms with Gasteiger partial charge in [-0.05, 0) is 0 Å². The SMILES string of the molecule is O=C(CC1CS(=O)(=O)CCN1)N1C[C@@H](O)[C@@H](O)C1. The fourth-order valence-corrected chi connectivity index (χ4v) is 3.76. The van der Waals surface area contributed by atoms with Gasteiger partial charge in [-0.25, -0.2) is 8.42 Å². The van der Waals surface area contributed by atoms with Crippen molar-refractivity contribution in [3.05, 3.63) is 0 Å². The molecule has 1 amide bonds. The summed E-state index contributed by atoms with van der Waals surface area (Å²) in [6, 6.07) is -0.369. The predicted molar refractivity (Wildman–Crippen MR) is 63.7 cm³/mol. The Bertz CT molecular complexity index is 414. The van der Waals surface area contributed by atoms with E-state index in [1.807, 2.05) is 0 Å². The molecule has 2 heterocycles. The molecule has 0 spiro atoms. The molecule has 0 aromatic heterocycles. The van der Waals surface area contributed by atoms with Crippen LogP contribution in [0.5, 0.6) is 0 Å². The van der Waals surface area contributed by atoms with Crippen LogP contribution in [0, 0.1) is 0 Å². The number of hydrogen-bond donors (Lipinski definition) is 3. The van der Waals surface area contributed by atoms with Gasteiger partial charge in [-0.1, -0.05) is 0 Å². The van der Waals surface area contributed by atoms with Crippen molar-refractivity contribution >= 4 is 15.7 Å². The number of carbonyl (C=O) groups excluding carboxylic acids is 1. The molecule has 2 rings (SSSR count). The van der Waals surface area contributed by atoms with Gasteiger partial charge in [0.25, 0.3) is 0 Å². The van der Waals surface area contributed by atoms with E-state index in [1.54, 1.807) is 0 Å². The minimum atomic E-state index is -3.05. The number of carbonyl (C=O) groups is 1. The van der Waals surface area contributed by atoms with Crippen LogP contribution in [0.3, 0.4) is 0 Å². The number of β-amino-alcohol motifs (C(OH)–C–C–N with tert-alkyl or cyclic N) is 2. The Morgan fingerprint density at radius 1 is 1.28 bits per heavy atom. The summed E-state index contributed by atoms with van der Waals surface area (Å²) in [4.78, 5) is 13.3. The molecule has 2 fully saturated rings. The molecular formula is C10H18N2O5S. The number of sulfone groups is 1. The zero-order chi connectivity index (χ0) is 13.3. The first-order valence-electron chi connectivity index (χ1n) is 5.95. The van der Waals surface area contributed by atoms with E-state index in [0.29, 0.717) is 6.54 Å². The van der Waals surface area contributed by atoms with Crippen LogP contribution in [0.4, 0.5) is 0 Å². The quantitative estimate of drug-likeness (QED) is 0.508. The highest BCUT2D eigenvalue weighted by Gasteiger charge is 2.34. The molecule has 2 aliphatic rings. The number of rotatable bonds is 2. The third-order valence-corrected chi connectivity index (χ3v) is 5.07. The normalized spacial score (nSPS) is 35.7. The molecule has 0 aliphatic carbocycles. The number of nitrogens with zero attached hydrogens (tertiary/aromatic N) is 1. The maximum atomic E-state index is 11.9. The third-order valence-electron chi connectivity index (χ3n) is 3.33. The van der Waals surface area contributed by atoms with Crippen molar-refractivity contribution in [1.82, 2.24) is 10.2 Å². The second-order valence-corrected chi connectivity index (χ2v) is 7.13. The minimum Gasteiger partial charge on any atom is -0.388 e. The molecule has 0 aromatic carbocycles. The Labute approximate surface area is 106 Å². The number of likely N-dealkylation sites (tertiary alicyclic amines) is 1. The maximum absolute atomic E-state index is 11.9. The number of aliphatic hydroxyl groups is 2. The van der Waals surface area contributed by atoms with E-state index in [4.69, 9.17) is 0 Å². The van der Waals surface area contributed by atoms with E-state index in [9.17, 15) is 23.4 Å². The lowest BCUT2D eigenvalue weighted by molar-refractivity contribution is -0.131. The number of hydrogen-bond acceptors (Lipinski definition) is 6. The van der Waals surface area contributed by atoms with Crippen LogP contribution < -0.4 is 5.32 Å². The van der Waals surface area contributed by atoms with Gasteiger partial charge in [0, 0.05) is 32.1 Å². The lowest BCUT2D eigenvalue weighted by Crippen LogP contribution is -2.47. The summed E-state index contributed by atoms with van der Waals surface area (Å²) in [6.45, 7) is 0.588. The fourth-order valence-electron chi connectivity index (χ4n) is 2.31. The van der Waals surface area contributed by atoms with Crippen LogP contribution in [-0.2, 0) is 14.6 Å². The Balaban J connectivity index is 1.88. The molecule has 2 saturated heterocycles. The smallest absolute Gasteiger partial charge is 0.224 e. The van der Waals surface area contributed by atoms with Gasteiger partial charge < -0.3 is 20.4 Å². The molecule has 7 nitrogen and oxygen atoms in total. The molecule has 3 N–H and O–H groups in total. The van der Waals surface area contributed by atoms with E-state index in [-0.39, 0.29) is 43.0 Å². The molecule has 8 heteroatoms. The van der Waals surface area contributed by atoms with Crippen LogP contribution in [0.25, 0.3) is 0 Å². The zero-order valence-corrected chi connectivity index (χ0v) is 10.8. The van der Waals surface area contributed by atoms with Crippen LogP contribution >= 0.6 is 0 Å². The second kappa shape index (κ2) is 5.12. The molecule has 0 radical (unpaired) electrons. The van der Waals surface area contributed by atoms with Crippen molar-refractivity contribution in [3.8, 4) is 0 Å². The average molecular weight is 278 g/mol. The molecule has 18 heavy (non-hydrogen) atoms. The fraction of sp³-hybridized carbons (Fsp3) is 0.900. The summed E-state index contributed by atoms with van der Waals surface area (Å²) < 4.78 is 22.8. The zero-order valence-electron chi connectivity index (χ0n) is 9.95. The predicted octanol–water partition coefficient (Wildman–Crippen LogP) is -2.67. The van der Waals surface area contributed by atoms with E-state index >= 15 is 0 Å². The summed E-state index contributed by atoms with van der Waals surface area (Å²) in [5.41, 5.74) is 0. The second-order valence-electron chi connectivity index (χ2n) is 4.90. The van der Waals surface area contributed by atoms with E-state index < -0.39 is 22.0 Å². The lowest BCUT2D eigenvalue weighted by Gasteiger charge is -2.25. The first-order valence-corrected chi connectivity index (χ1v) is 7.77. The van der Waals surface area contributed by atoms with Gasteiger partial charge in [0.15, 0.2) is 9.84 Å². The number of aliphatic hydroxyl groups excluding tert-OH is 2. The van der Waals surface area contributed by atoms with Crippen LogP contribution in [0.1, 0.15) is 6.42 Å². The summed E-state index contributed by atoms with van der Waals surface area (Å²) in [5, 5.41) is 21.7. The largest absolute Gasteiger partial charge is 0.388 e. The highest BCUT2D eigenvalue weighted by atomic mass is 32.2. The number of amides is 1. The van der Waals surface area contributed by atoms with E-state index in [1.165, 1.54) is 4.90 Å². The van der Waals surface area contributed by atoms with Gasteiger partial charge in [0.1, 0.15) is 0 Å². The summed E-state index contributed by atoms with van der Waals surface area (Å²) in [6.07, 6.45) is -1.73. The molecule has 0 aromatic rings. The number of nitrogens with one attached hydrogen (secondary N) is 1. The molecular weight excluding hydrogens is 260 g/mol. The van der Waals surface area contributed by atoms with Gasteiger partial charge in [-0.3, -0.25) is 4.79 Å². The highest BCUT2D eigenvalue weighted by molar-refractivity contribution is 7.91. The molecule has 104 valence electrons. The minimum absolute atomic E-state index is 0.0301. The van der Waals surface area contributed by atoms with Gasteiger partial charge in [-0.2, -0.15) is 0 Å². The lowest BCUT2D eigenvalue weighted by atomic mass is 10.2. The van der Waals surface area contributed by atoms with E-state index in [2.05, 4.69) is 5.32 Å². The Morgan fingerprint density at radius 3 is 2.44 bits per heavy atom. The average Bonchev–Trinajstić information content (AvgIpc) is 2.58. The highest BCUT2D eigenvalue weighted by Crippen LogP contribution is 2.13.